The third-order valence-electron chi connectivity index (χ3n) is 6.79. The lowest BCUT2D eigenvalue weighted by Gasteiger charge is -2.17. The van der Waals surface area contributed by atoms with Crippen molar-refractivity contribution >= 4 is 11.4 Å². The van der Waals surface area contributed by atoms with Gasteiger partial charge in [-0.25, -0.2) is 4.98 Å². The van der Waals surface area contributed by atoms with Crippen LogP contribution in [0.3, 0.4) is 0 Å². The third-order valence-corrected chi connectivity index (χ3v) is 6.79. The van der Waals surface area contributed by atoms with Gasteiger partial charge in [-0.2, -0.15) is 0 Å². The molecule has 1 heterocycles. The number of nitrogens with zero attached hydrogens (tertiary/aromatic N) is 1. The Kier molecular flexibility index (Phi) is 9.80. The second-order valence-electron chi connectivity index (χ2n) is 9.74. The molecule has 5 aromatic rings. The summed E-state index contributed by atoms with van der Waals surface area (Å²) in [6.07, 6.45) is 0. The van der Waals surface area contributed by atoms with Crippen molar-refractivity contribution in [2.45, 2.75) is 27.7 Å². The molecule has 6 nitrogen and oxygen atoms in total. The van der Waals surface area contributed by atoms with E-state index in [0.717, 1.165) is 68.0 Å². The van der Waals surface area contributed by atoms with Crippen LogP contribution in [-0.2, 0) is 0 Å². The normalized spacial score (nSPS) is 10.7. The predicted molar refractivity (Wildman–Crippen MR) is 175 cm³/mol. The fraction of sp³-hybridized carbons (Fsp3) is 0.216. The smallest absolute Gasteiger partial charge is 0.132 e. The van der Waals surface area contributed by atoms with Crippen LogP contribution in [0.15, 0.2) is 103 Å². The molecule has 43 heavy (non-hydrogen) atoms. The van der Waals surface area contributed by atoms with Gasteiger partial charge in [-0.15, -0.1) is 0 Å². The fourth-order valence-corrected chi connectivity index (χ4v) is 4.90. The van der Waals surface area contributed by atoms with Gasteiger partial charge in [-0.1, -0.05) is 30.3 Å². The first-order valence-corrected chi connectivity index (χ1v) is 14.9. The van der Waals surface area contributed by atoms with E-state index in [1.54, 1.807) is 0 Å². The largest absolute Gasteiger partial charge is 0.494 e. The molecule has 0 aliphatic carbocycles. The van der Waals surface area contributed by atoms with Crippen molar-refractivity contribution in [1.29, 1.82) is 0 Å². The SMILES string of the molecule is CCOc1ccc(-c2cc(-c3ccc(Nc4ccccc4)cc3)cc(-c3ccc(OCC)cc3OCC)n2)c(OCC)c1. The summed E-state index contributed by atoms with van der Waals surface area (Å²) < 4.78 is 23.7. The first-order valence-electron chi connectivity index (χ1n) is 14.9. The number of nitrogens with one attached hydrogen (secondary N) is 1. The van der Waals surface area contributed by atoms with Crippen molar-refractivity contribution in [1.82, 2.24) is 4.98 Å². The molecule has 220 valence electrons. The van der Waals surface area contributed by atoms with E-state index < -0.39 is 0 Å². The number of hydrogen-bond acceptors (Lipinski definition) is 6. The number of pyridine rings is 1. The Bertz CT molecular complexity index is 1560. The highest BCUT2D eigenvalue weighted by Crippen LogP contribution is 2.39. The summed E-state index contributed by atoms with van der Waals surface area (Å²) in [6.45, 7) is 10.1. The molecule has 4 aromatic carbocycles. The number of rotatable bonds is 13. The van der Waals surface area contributed by atoms with Crippen LogP contribution >= 0.6 is 0 Å². The number of ether oxygens (including phenoxy) is 4. The summed E-state index contributed by atoms with van der Waals surface area (Å²) in [4.78, 5) is 5.16. The van der Waals surface area contributed by atoms with E-state index in [-0.39, 0.29) is 0 Å². The van der Waals surface area contributed by atoms with Gasteiger partial charge in [-0.05, 0) is 99.5 Å². The van der Waals surface area contributed by atoms with Crippen LogP contribution in [0.5, 0.6) is 23.0 Å². The maximum absolute atomic E-state index is 6.08. The van der Waals surface area contributed by atoms with Gasteiger partial charge >= 0.3 is 0 Å². The monoisotopic (exact) mass is 574 g/mol. The molecule has 0 fully saturated rings. The van der Waals surface area contributed by atoms with Crippen molar-refractivity contribution in [3.8, 4) is 56.6 Å². The second kappa shape index (κ2) is 14.3. The number of hydrogen-bond donors (Lipinski definition) is 1. The molecule has 0 saturated heterocycles. The summed E-state index contributed by atoms with van der Waals surface area (Å²) in [5.74, 6) is 2.97. The van der Waals surface area contributed by atoms with E-state index in [9.17, 15) is 0 Å². The quantitative estimate of drug-likeness (QED) is 0.151. The minimum absolute atomic E-state index is 0.526. The topological polar surface area (TPSA) is 61.8 Å². The average Bonchev–Trinajstić information content (AvgIpc) is 3.03. The molecule has 0 bridgehead atoms. The summed E-state index contributed by atoms with van der Waals surface area (Å²) in [7, 11) is 0. The summed E-state index contributed by atoms with van der Waals surface area (Å²) in [5.41, 5.74) is 7.51. The van der Waals surface area contributed by atoms with Crippen LogP contribution < -0.4 is 24.3 Å². The maximum Gasteiger partial charge on any atom is 0.132 e. The highest BCUT2D eigenvalue weighted by atomic mass is 16.5. The highest BCUT2D eigenvalue weighted by Gasteiger charge is 2.17. The fourth-order valence-electron chi connectivity index (χ4n) is 4.90. The molecule has 0 amide bonds. The Morgan fingerprint density at radius 1 is 0.488 bits per heavy atom. The first-order chi connectivity index (χ1) is 21.1. The Morgan fingerprint density at radius 2 is 0.977 bits per heavy atom. The standard InChI is InChI=1S/C37H38N2O4/c1-5-40-30-18-20-32(36(24-30)42-7-3)34-22-27(26-14-16-29(17-15-26)38-28-12-10-9-11-13-28)23-35(39-34)33-21-19-31(41-6-2)25-37(33)43-8-4/h9-25,38H,5-8H2,1-4H3. The molecule has 1 aromatic heterocycles. The number of anilines is 2. The first kappa shape index (κ1) is 29.5. The van der Waals surface area contributed by atoms with Gasteiger partial charge in [0.1, 0.15) is 23.0 Å². The second-order valence-corrected chi connectivity index (χ2v) is 9.74. The van der Waals surface area contributed by atoms with E-state index in [4.69, 9.17) is 23.9 Å². The van der Waals surface area contributed by atoms with Crippen LogP contribution in [0, 0.1) is 0 Å². The van der Waals surface area contributed by atoms with Crippen LogP contribution in [-0.4, -0.2) is 31.4 Å². The van der Waals surface area contributed by atoms with Crippen LogP contribution in [0.2, 0.25) is 0 Å². The molecular formula is C37H38N2O4. The number of para-hydroxylation sites is 1. The van der Waals surface area contributed by atoms with Crippen molar-refractivity contribution in [2.75, 3.05) is 31.7 Å². The number of aromatic nitrogens is 1. The zero-order valence-electron chi connectivity index (χ0n) is 25.2. The van der Waals surface area contributed by atoms with Gasteiger partial charge in [-0.3, -0.25) is 0 Å². The van der Waals surface area contributed by atoms with Crippen LogP contribution in [0.25, 0.3) is 33.6 Å². The molecule has 5 rings (SSSR count). The summed E-state index contributed by atoms with van der Waals surface area (Å²) in [5, 5.41) is 3.46. The van der Waals surface area contributed by atoms with E-state index in [0.29, 0.717) is 26.4 Å². The zero-order valence-corrected chi connectivity index (χ0v) is 25.2. The van der Waals surface area contributed by atoms with Gasteiger partial charge in [0, 0.05) is 34.6 Å². The van der Waals surface area contributed by atoms with E-state index in [1.807, 2.05) is 82.3 Å². The molecule has 0 saturated carbocycles. The molecule has 0 spiro atoms. The highest BCUT2D eigenvalue weighted by molar-refractivity contribution is 5.81. The Labute approximate surface area is 254 Å². The molecule has 0 aliphatic heterocycles. The summed E-state index contributed by atoms with van der Waals surface area (Å²) in [6, 6.07) is 34.6. The van der Waals surface area contributed by atoms with Crippen LogP contribution in [0.1, 0.15) is 27.7 Å². The molecule has 0 atom stereocenters. The minimum Gasteiger partial charge on any atom is -0.494 e. The predicted octanol–water partition coefficient (Wildman–Crippen LogP) is 9.42. The lowest BCUT2D eigenvalue weighted by atomic mass is 9.99. The molecule has 0 radical (unpaired) electrons. The lowest BCUT2D eigenvalue weighted by molar-refractivity contribution is 0.323. The third kappa shape index (κ3) is 7.28. The number of benzene rings is 4. The summed E-state index contributed by atoms with van der Waals surface area (Å²) >= 11 is 0. The zero-order chi connectivity index (χ0) is 30.0. The minimum atomic E-state index is 0.526. The van der Waals surface area contributed by atoms with Crippen molar-refractivity contribution in [2.24, 2.45) is 0 Å². The Morgan fingerprint density at radius 3 is 1.47 bits per heavy atom. The van der Waals surface area contributed by atoms with E-state index >= 15 is 0 Å². The average molecular weight is 575 g/mol. The Hall–Kier alpha value is -4.97. The molecular weight excluding hydrogens is 536 g/mol. The van der Waals surface area contributed by atoms with Crippen molar-refractivity contribution in [3.05, 3.63) is 103 Å². The van der Waals surface area contributed by atoms with Crippen LogP contribution in [0.4, 0.5) is 11.4 Å². The van der Waals surface area contributed by atoms with Gasteiger partial charge < -0.3 is 24.3 Å². The van der Waals surface area contributed by atoms with Gasteiger partial charge in [0.15, 0.2) is 0 Å². The molecule has 0 unspecified atom stereocenters. The van der Waals surface area contributed by atoms with Gasteiger partial charge in [0.25, 0.3) is 0 Å². The van der Waals surface area contributed by atoms with E-state index in [1.165, 1.54) is 0 Å². The molecule has 0 aliphatic rings. The van der Waals surface area contributed by atoms with Crippen molar-refractivity contribution < 1.29 is 18.9 Å². The lowest BCUT2D eigenvalue weighted by Crippen LogP contribution is -2.00. The maximum atomic E-state index is 6.08. The molecule has 6 heteroatoms. The van der Waals surface area contributed by atoms with Gasteiger partial charge in [0.2, 0.25) is 0 Å². The van der Waals surface area contributed by atoms with Gasteiger partial charge in [0.05, 0.1) is 37.8 Å². The Balaban J connectivity index is 1.62. The van der Waals surface area contributed by atoms with E-state index in [2.05, 4.69) is 53.8 Å². The van der Waals surface area contributed by atoms with Crippen molar-refractivity contribution in [3.63, 3.8) is 0 Å². The molecule has 1 N–H and O–H groups in total.